The Bertz CT molecular complexity index is 676. The van der Waals surface area contributed by atoms with Crippen LogP contribution in [0.4, 0.5) is 0 Å². The summed E-state index contributed by atoms with van der Waals surface area (Å²) >= 11 is 0. The van der Waals surface area contributed by atoms with Crippen molar-refractivity contribution in [1.82, 2.24) is 9.78 Å². The Morgan fingerprint density at radius 2 is 2.19 bits per heavy atom. The molecule has 1 N–H and O–H groups in total. The van der Waals surface area contributed by atoms with Crippen LogP contribution in [0.25, 0.3) is 5.69 Å². The van der Waals surface area contributed by atoms with Gasteiger partial charge in [-0.2, -0.15) is 5.10 Å². The lowest BCUT2D eigenvalue weighted by molar-refractivity contribution is 0.0688. The van der Waals surface area contributed by atoms with Crippen molar-refractivity contribution in [1.29, 1.82) is 0 Å². The first-order chi connectivity index (χ1) is 10.2. The lowest BCUT2D eigenvalue weighted by Crippen LogP contribution is -2.08. The van der Waals surface area contributed by atoms with E-state index in [4.69, 9.17) is 4.74 Å². The summed E-state index contributed by atoms with van der Waals surface area (Å²) in [5.74, 6) is -0.944. The van der Waals surface area contributed by atoms with E-state index < -0.39 is 5.97 Å². The van der Waals surface area contributed by atoms with Crippen LogP contribution < -0.4 is 0 Å². The second kappa shape index (κ2) is 5.69. The van der Waals surface area contributed by atoms with E-state index in [1.165, 1.54) is 0 Å². The average molecular weight is 286 g/mol. The minimum atomic E-state index is -0.944. The van der Waals surface area contributed by atoms with E-state index in [0.29, 0.717) is 6.61 Å². The van der Waals surface area contributed by atoms with Gasteiger partial charge in [-0.1, -0.05) is 12.1 Å². The number of carboxylic acid groups (broad SMARTS) is 1. The predicted octanol–water partition coefficient (Wildman–Crippen LogP) is 2.60. The molecule has 0 amide bonds. The van der Waals surface area contributed by atoms with Gasteiger partial charge in [0.25, 0.3) is 0 Å². The van der Waals surface area contributed by atoms with Crippen molar-refractivity contribution in [3.8, 4) is 5.69 Å². The topological polar surface area (TPSA) is 64.4 Å². The zero-order chi connectivity index (χ0) is 14.8. The average Bonchev–Trinajstić information content (AvgIpc) is 2.88. The molecule has 0 bridgehead atoms. The number of benzene rings is 1. The van der Waals surface area contributed by atoms with Crippen LogP contribution in [0.2, 0.25) is 0 Å². The molecule has 0 saturated heterocycles. The Balaban J connectivity index is 2.10. The maximum atomic E-state index is 11.4. The molecule has 0 atom stereocenters. The molecule has 1 aromatic carbocycles. The fraction of sp³-hybridized carbons (Fsp3) is 0.375. The fourth-order valence-corrected chi connectivity index (χ4v) is 2.93. The summed E-state index contributed by atoms with van der Waals surface area (Å²) in [5.41, 5.74) is 4.07. The Labute approximate surface area is 123 Å². The van der Waals surface area contributed by atoms with Gasteiger partial charge in [0, 0.05) is 18.4 Å². The Morgan fingerprint density at radius 3 is 2.95 bits per heavy atom. The number of fused-ring (bicyclic) bond motifs is 1. The van der Waals surface area contributed by atoms with Crippen LogP contribution in [0.15, 0.2) is 24.3 Å². The van der Waals surface area contributed by atoms with E-state index >= 15 is 0 Å². The van der Waals surface area contributed by atoms with Gasteiger partial charge >= 0.3 is 5.97 Å². The molecule has 1 aromatic heterocycles. The standard InChI is InChI=1S/C16H18N2O3/c1-21-10-11-5-4-6-12(9-11)18-14-8-3-2-7-13(14)15(17-18)16(19)20/h4-6,9H,2-3,7-8,10H2,1H3,(H,19,20). The summed E-state index contributed by atoms with van der Waals surface area (Å²) in [7, 11) is 1.66. The van der Waals surface area contributed by atoms with Gasteiger partial charge in [0.2, 0.25) is 0 Å². The van der Waals surface area contributed by atoms with E-state index in [1.54, 1.807) is 11.8 Å². The summed E-state index contributed by atoms with van der Waals surface area (Å²) in [4.78, 5) is 11.4. The highest BCUT2D eigenvalue weighted by Gasteiger charge is 2.25. The van der Waals surface area contributed by atoms with Gasteiger partial charge in [0.1, 0.15) is 0 Å². The molecule has 3 rings (SSSR count). The number of rotatable bonds is 4. The molecular formula is C16H18N2O3. The van der Waals surface area contributed by atoms with Crippen molar-refractivity contribution < 1.29 is 14.6 Å². The Morgan fingerprint density at radius 1 is 1.38 bits per heavy atom. The number of methoxy groups -OCH3 is 1. The molecule has 1 aliphatic carbocycles. The molecule has 5 heteroatoms. The molecule has 0 aliphatic heterocycles. The smallest absolute Gasteiger partial charge is 0.356 e. The normalized spacial score (nSPS) is 14.0. The summed E-state index contributed by atoms with van der Waals surface area (Å²) in [6, 6.07) is 7.88. The molecule has 0 radical (unpaired) electrons. The zero-order valence-corrected chi connectivity index (χ0v) is 12.0. The molecule has 0 spiro atoms. The Hall–Kier alpha value is -2.14. The molecule has 0 saturated carbocycles. The largest absolute Gasteiger partial charge is 0.476 e. The van der Waals surface area contributed by atoms with Crippen molar-refractivity contribution in [2.24, 2.45) is 0 Å². The highest BCUT2D eigenvalue weighted by molar-refractivity contribution is 5.87. The van der Waals surface area contributed by atoms with Gasteiger partial charge in [0.05, 0.1) is 12.3 Å². The highest BCUT2D eigenvalue weighted by Crippen LogP contribution is 2.27. The van der Waals surface area contributed by atoms with Gasteiger partial charge in [-0.3, -0.25) is 0 Å². The van der Waals surface area contributed by atoms with Crippen LogP contribution in [-0.2, 0) is 24.2 Å². The number of aromatic carboxylic acids is 1. The summed E-state index contributed by atoms with van der Waals surface area (Å²) in [6.45, 7) is 0.531. The zero-order valence-electron chi connectivity index (χ0n) is 12.0. The second-order valence-corrected chi connectivity index (χ2v) is 5.30. The first-order valence-corrected chi connectivity index (χ1v) is 7.13. The van der Waals surface area contributed by atoms with Gasteiger partial charge < -0.3 is 9.84 Å². The Kier molecular flexibility index (Phi) is 3.75. The van der Waals surface area contributed by atoms with Crippen LogP contribution >= 0.6 is 0 Å². The molecule has 0 unspecified atom stereocenters. The van der Waals surface area contributed by atoms with Crippen LogP contribution in [0, 0.1) is 0 Å². The molecule has 2 aromatic rings. The number of carboxylic acids is 1. The highest BCUT2D eigenvalue weighted by atomic mass is 16.5. The van der Waals surface area contributed by atoms with Gasteiger partial charge in [-0.05, 0) is 43.4 Å². The third-order valence-corrected chi connectivity index (χ3v) is 3.85. The van der Waals surface area contributed by atoms with Gasteiger partial charge in [-0.25, -0.2) is 9.48 Å². The summed E-state index contributed by atoms with van der Waals surface area (Å²) in [6.07, 6.45) is 3.79. The number of ether oxygens (including phenoxy) is 1. The SMILES string of the molecule is COCc1cccc(-n2nc(C(=O)O)c3c2CCCC3)c1. The molecule has 5 nitrogen and oxygen atoms in total. The molecular weight excluding hydrogens is 268 g/mol. The van der Waals surface area contributed by atoms with Crippen LogP contribution in [-0.4, -0.2) is 28.0 Å². The monoisotopic (exact) mass is 286 g/mol. The third-order valence-electron chi connectivity index (χ3n) is 3.85. The lowest BCUT2D eigenvalue weighted by atomic mass is 9.95. The summed E-state index contributed by atoms with van der Waals surface area (Å²) < 4.78 is 6.94. The number of hydrogen-bond acceptors (Lipinski definition) is 3. The van der Waals surface area contributed by atoms with Crippen molar-refractivity contribution in [3.05, 3.63) is 46.8 Å². The maximum absolute atomic E-state index is 11.4. The molecule has 1 heterocycles. The van der Waals surface area contributed by atoms with Crippen LogP contribution in [0.5, 0.6) is 0 Å². The van der Waals surface area contributed by atoms with E-state index in [0.717, 1.165) is 48.2 Å². The van der Waals surface area contributed by atoms with Crippen LogP contribution in [0.1, 0.15) is 40.2 Å². The molecule has 1 aliphatic rings. The van der Waals surface area contributed by atoms with Gasteiger partial charge in [0.15, 0.2) is 5.69 Å². The number of nitrogens with zero attached hydrogens (tertiary/aromatic N) is 2. The van der Waals surface area contributed by atoms with Crippen molar-refractivity contribution in [2.75, 3.05) is 7.11 Å². The maximum Gasteiger partial charge on any atom is 0.356 e. The van der Waals surface area contributed by atoms with E-state index in [2.05, 4.69) is 5.10 Å². The quantitative estimate of drug-likeness (QED) is 0.938. The van der Waals surface area contributed by atoms with E-state index in [9.17, 15) is 9.90 Å². The first-order valence-electron chi connectivity index (χ1n) is 7.13. The number of hydrogen-bond donors (Lipinski definition) is 1. The van der Waals surface area contributed by atoms with Crippen molar-refractivity contribution in [3.63, 3.8) is 0 Å². The third kappa shape index (κ3) is 2.56. The number of aromatic nitrogens is 2. The van der Waals surface area contributed by atoms with Crippen molar-refractivity contribution in [2.45, 2.75) is 32.3 Å². The van der Waals surface area contributed by atoms with E-state index in [-0.39, 0.29) is 5.69 Å². The molecule has 110 valence electrons. The van der Waals surface area contributed by atoms with E-state index in [1.807, 2.05) is 24.3 Å². The molecule has 0 fully saturated rings. The first kappa shape index (κ1) is 13.8. The van der Waals surface area contributed by atoms with Gasteiger partial charge in [-0.15, -0.1) is 0 Å². The van der Waals surface area contributed by atoms with Crippen LogP contribution in [0.3, 0.4) is 0 Å². The fourth-order valence-electron chi connectivity index (χ4n) is 2.93. The van der Waals surface area contributed by atoms with Crippen molar-refractivity contribution >= 4 is 5.97 Å². The predicted molar refractivity (Wildman–Crippen MR) is 77.9 cm³/mol. The number of carbonyl (C=O) groups is 1. The minimum Gasteiger partial charge on any atom is -0.476 e. The second-order valence-electron chi connectivity index (χ2n) is 5.30. The minimum absolute atomic E-state index is 0.196. The molecule has 21 heavy (non-hydrogen) atoms. The lowest BCUT2D eigenvalue weighted by Gasteiger charge is -2.14. The summed E-state index contributed by atoms with van der Waals surface area (Å²) in [5, 5.41) is 13.7.